The lowest BCUT2D eigenvalue weighted by Crippen LogP contribution is -2.12. The van der Waals surface area contributed by atoms with Crippen LogP contribution in [0, 0.1) is 0 Å². The van der Waals surface area contributed by atoms with Crippen LogP contribution in [0.2, 0.25) is 5.02 Å². The molecule has 0 spiro atoms. The molecule has 0 saturated heterocycles. The molecule has 16 heavy (non-hydrogen) atoms. The lowest BCUT2D eigenvalue weighted by molar-refractivity contribution is 0.0475. The predicted octanol–water partition coefficient (Wildman–Crippen LogP) is 2.58. The number of Topliss-reactive ketones (excluding diaryl/α,β-unsaturated/α-hetero) is 1. The zero-order valence-corrected chi connectivity index (χ0v) is 10.00. The number of hydrogen-bond acceptors (Lipinski definition) is 3. The van der Waals surface area contributed by atoms with Crippen molar-refractivity contribution in [3.8, 4) is 0 Å². The highest BCUT2D eigenvalue weighted by atomic mass is 35.5. The van der Waals surface area contributed by atoms with Crippen LogP contribution in [-0.2, 0) is 9.47 Å². The molecule has 0 aliphatic carbocycles. The molecule has 1 aromatic carbocycles. The van der Waals surface area contributed by atoms with E-state index in [1.165, 1.54) is 0 Å². The van der Waals surface area contributed by atoms with Gasteiger partial charge in [-0.25, -0.2) is 0 Å². The van der Waals surface area contributed by atoms with Gasteiger partial charge in [-0.2, -0.15) is 0 Å². The number of carbonyl (C=O) groups excluding carboxylic acids is 1. The van der Waals surface area contributed by atoms with Crippen molar-refractivity contribution in [3.05, 3.63) is 34.9 Å². The minimum absolute atomic E-state index is 0.0629. The van der Waals surface area contributed by atoms with Crippen LogP contribution in [0.1, 0.15) is 17.3 Å². The number of hydrogen-bond donors (Lipinski definition) is 0. The van der Waals surface area contributed by atoms with E-state index >= 15 is 0 Å². The summed E-state index contributed by atoms with van der Waals surface area (Å²) in [5, 5.41) is 0.556. The first kappa shape index (κ1) is 13.2. The van der Waals surface area contributed by atoms with E-state index in [2.05, 4.69) is 0 Å². The quantitative estimate of drug-likeness (QED) is 0.545. The van der Waals surface area contributed by atoms with E-state index in [1.54, 1.807) is 24.3 Å². The van der Waals surface area contributed by atoms with Gasteiger partial charge in [-0.1, -0.05) is 23.7 Å². The number of rotatable bonds is 7. The number of ether oxygens (including phenoxy) is 2. The molecule has 0 fully saturated rings. The molecular formula is C12H15ClO3. The fourth-order valence-corrected chi connectivity index (χ4v) is 1.36. The largest absolute Gasteiger partial charge is 0.379 e. The smallest absolute Gasteiger partial charge is 0.188 e. The van der Waals surface area contributed by atoms with Crippen LogP contribution in [0.4, 0.5) is 0 Å². The molecular weight excluding hydrogens is 228 g/mol. The van der Waals surface area contributed by atoms with Crippen LogP contribution in [0.3, 0.4) is 0 Å². The molecule has 0 aromatic heterocycles. The van der Waals surface area contributed by atoms with Crippen molar-refractivity contribution < 1.29 is 14.3 Å². The van der Waals surface area contributed by atoms with Crippen molar-refractivity contribution in [2.45, 2.75) is 6.92 Å². The Kier molecular flexibility index (Phi) is 6.08. The van der Waals surface area contributed by atoms with Crippen molar-refractivity contribution in [3.63, 3.8) is 0 Å². The van der Waals surface area contributed by atoms with E-state index < -0.39 is 0 Å². The van der Waals surface area contributed by atoms with Crippen molar-refractivity contribution in [2.24, 2.45) is 0 Å². The molecule has 0 unspecified atom stereocenters. The first-order chi connectivity index (χ1) is 7.74. The second-order valence-corrected chi connectivity index (χ2v) is 3.62. The van der Waals surface area contributed by atoms with Gasteiger partial charge in [0.05, 0.1) is 13.2 Å². The van der Waals surface area contributed by atoms with Gasteiger partial charge in [-0.3, -0.25) is 4.79 Å². The summed E-state index contributed by atoms with van der Waals surface area (Å²) in [6, 6.07) is 6.83. The topological polar surface area (TPSA) is 35.5 Å². The zero-order valence-electron chi connectivity index (χ0n) is 9.24. The normalized spacial score (nSPS) is 10.4. The van der Waals surface area contributed by atoms with E-state index in [1.807, 2.05) is 6.92 Å². The molecule has 0 atom stereocenters. The number of ketones is 1. The van der Waals surface area contributed by atoms with E-state index in [-0.39, 0.29) is 12.4 Å². The molecule has 88 valence electrons. The molecule has 0 aliphatic rings. The Bertz CT molecular complexity index is 339. The highest BCUT2D eigenvalue weighted by Crippen LogP contribution is 2.11. The van der Waals surface area contributed by atoms with Gasteiger partial charge >= 0.3 is 0 Å². The van der Waals surface area contributed by atoms with E-state index in [9.17, 15) is 4.79 Å². The highest BCUT2D eigenvalue weighted by molar-refractivity contribution is 6.31. The maximum atomic E-state index is 11.6. The fraction of sp³-hybridized carbons (Fsp3) is 0.417. The average molecular weight is 243 g/mol. The Labute approximate surface area is 100 Å². The average Bonchev–Trinajstić information content (AvgIpc) is 2.28. The third-order valence-corrected chi connectivity index (χ3v) is 2.19. The van der Waals surface area contributed by atoms with E-state index in [4.69, 9.17) is 21.1 Å². The molecule has 3 nitrogen and oxygen atoms in total. The molecule has 1 rings (SSSR count). The summed E-state index contributed by atoms with van der Waals surface area (Å²) in [5.74, 6) is -0.0704. The van der Waals surface area contributed by atoms with Gasteiger partial charge in [-0.15, -0.1) is 0 Å². The second-order valence-electron chi connectivity index (χ2n) is 3.18. The van der Waals surface area contributed by atoms with Gasteiger partial charge in [0.1, 0.15) is 6.61 Å². The molecule has 1 aromatic rings. The standard InChI is InChI=1S/C12H15ClO3/c1-2-15-6-7-16-9-12(14)10-4-3-5-11(13)8-10/h3-5,8H,2,6-7,9H2,1H3. The summed E-state index contributed by atoms with van der Waals surface area (Å²) in [6.45, 7) is 3.58. The van der Waals surface area contributed by atoms with Gasteiger partial charge in [0.2, 0.25) is 0 Å². The van der Waals surface area contributed by atoms with Crippen molar-refractivity contribution in [1.29, 1.82) is 0 Å². The minimum Gasteiger partial charge on any atom is -0.379 e. The summed E-state index contributed by atoms with van der Waals surface area (Å²) in [5.41, 5.74) is 0.573. The van der Waals surface area contributed by atoms with Gasteiger partial charge < -0.3 is 9.47 Å². The third kappa shape index (κ3) is 4.75. The Morgan fingerprint density at radius 2 is 2.06 bits per heavy atom. The number of benzene rings is 1. The van der Waals surface area contributed by atoms with E-state index in [0.29, 0.717) is 30.4 Å². The molecule has 0 saturated carbocycles. The molecule has 0 heterocycles. The molecule has 0 bridgehead atoms. The monoisotopic (exact) mass is 242 g/mol. The molecule has 0 radical (unpaired) electrons. The molecule has 0 aliphatic heterocycles. The van der Waals surface area contributed by atoms with Crippen LogP contribution in [0.15, 0.2) is 24.3 Å². The summed E-state index contributed by atoms with van der Waals surface area (Å²) in [4.78, 5) is 11.6. The van der Waals surface area contributed by atoms with Crippen LogP contribution < -0.4 is 0 Å². The molecule has 0 N–H and O–H groups in total. The maximum absolute atomic E-state index is 11.6. The Morgan fingerprint density at radius 1 is 1.31 bits per heavy atom. The van der Waals surface area contributed by atoms with Crippen LogP contribution in [-0.4, -0.2) is 32.2 Å². The molecule has 0 amide bonds. The van der Waals surface area contributed by atoms with Crippen molar-refractivity contribution >= 4 is 17.4 Å². The third-order valence-electron chi connectivity index (χ3n) is 1.96. The number of halogens is 1. The van der Waals surface area contributed by atoms with Gasteiger partial charge in [-0.05, 0) is 19.1 Å². The van der Waals surface area contributed by atoms with Crippen LogP contribution in [0.25, 0.3) is 0 Å². The van der Waals surface area contributed by atoms with E-state index in [0.717, 1.165) is 0 Å². The Morgan fingerprint density at radius 3 is 2.75 bits per heavy atom. The summed E-state index contributed by atoms with van der Waals surface area (Å²) >= 11 is 5.78. The first-order valence-corrected chi connectivity index (χ1v) is 5.56. The lowest BCUT2D eigenvalue weighted by Gasteiger charge is -2.04. The summed E-state index contributed by atoms with van der Waals surface area (Å²) < 4.78 is 10.3. The zero-order chi connectivity index (χ0) is 11.8. The van der Waals surface area contributed by atoms with Gasteiger partial charge in [0, 0.05) is 17.2 Å². The molecule has 4 heteroatoms. The lowest BCUT2D eigenvalue weighted by atomic mass is 10.1. The minimum atomic E-state index is -0.0704. The van der Waals surface area contributed by atoms with Crippen LogP contribution in [0.5, 0.6) is 0 Å². The summed E-state index contributed by atoms with van der Waals surface area (Å²) in [7, 11) is 0. The van der Waals surface area contributed by atoms with Crippen molar-refractivity contribution in [2.75, 3.05) is 26.4 Å². The number of carbonyl (C=O) groups is 1. The maximum Gasteiger partial charge on any atom is 0.188 e. The second kappa shape index (κ2) is 7.39. The Hall–Kier alpha value is -0.900. The Balaban J connectivity index is 2.30. The fourth-order valence-electron chi connectivity index (χ4n) is 1.17. The van der Waals surface area contributed by atoms with Gasteiger partial charge in [0.15, 0.2) is 5.78 Å². The predicted molar refractivity (Wildman–Crippen MR) is 63.1 cm³/mol. The van der Waals surface area contributed by atoms with Crippen LogP contribution >= 0.6 is 11.6 Å². The van der Waals surface area contributed by atoms with Gasteiger partial charge in [0.25, 0.3) is 0 Å². The van der Waals surface area contributed by atoms with Crippen molar-refractivity contribution in [1.82, 2.24) is 0 Å². The highest BCUT2D eigenvalue weighted by Gasteiger charge is 2.05. The summed E-state index contributed by atoms with van der Waals surface area (Å²) in [6.07, 6.45) is 0. The SMILES string of the molecule is CCOCCOCC(=O)c1cccc(Cl)c1. The first-order valence-electron chi connectivity index (χ1n) is 5.18.